The van der Waals surface area contributed by atoms with E-state index in [0.717, 1.165) is 28.0 Å². The van der Waals surface area contributed by atoms with Crippen molar-refractivity contribution < 1.29 is 0 Å². The molecule has 0 radical (unpaired) electrons. The molecule has 0 aliphatic rings. The minimum atomic E-state index is 0.950. The van der Waals surface area contributed by atoms with Gasteiger partial charge in [-0.3, -0.25) is 4.57 Å². The minimum Gasteiger partial charge on any atom is -0.316 e. The molecule has 0 fully saturated rings. The van der Waals surface area contributed by atoms with Crippen molar-refractivity contribution in [3.05, 3.63) is 140 Å². The second-order valence-corrected chi connectivity index (χ2v) is 9.68. The van der Waals surface area contributed by atoms with E-state index in [9.17, 15) is 0 Å². The van der Waals surface area contributed by atoms with Crippen LogP contribution in [-0.4, -0.2) is 14.1 Å². The molecule has 38 heavy (non-hydrogen) atoms. The van der Waals surface area contributed by atoms with Crippen LogP contribution in [0, 0.1) is 0 Å². The topological polar surface area (TPSA) is 22.8 Å². The summed E-state index contributed by atoms with van der Waals surface area (Å²) < 4.78 is 4.63. The maximum Gasteiger partial charge on any atom is 0.145 e. The molecule has 5 aromatic carbocycles. The van der Waals surface area contributed by atoms with Crippen LogP contribution in [0.15, 0.2) is 140 Å². The van der Waals surface area contributed by atoms with Gasteiger partial charge in [-0.2, -0.15) is 0 Å². The van der Waals surface area contributed by atoms with E-state index in [0.29, 0.717) is 0 Å². The van der Waals surface area contributed by atoms with Gasteiger partial charge in [0.05, 0.1) is 16.6 Å². The van der Waals surface area contributed by atoms with E-state index in [2.05, 4.69) is 143 Å². The summed E-state index contributed by atoms with van der Waals surface area (Å²) in [7, 11) is 0. The van der Waals surface area contributed by atoms with Gasteiger partial charge in [-0.15, -0.1) is 0 Å². The minimum absolute atomic E-state index is 0.950. The predicted octanol–water partition coefficient (Wildman–Crippen LogP) is 8.94. The van der Waals surface area contributed by atoms with Crippen molar-refractivity contribution in [2.24, 2.45) is 0 Å². The normalized spacial score (nSPS) is 11.7. The van der Waals surface area contributed by atoms with Gasteiger partial charge >= 0.3 is 0 Å². The summed E-state index contributed by atoms with van der Waals surface area (Å²) in [5.41, 5.74) is 6.99. The lowest BCUT2D eigenvalue weighted by molar-refractivity contribution is 1.10. The summed E-state index contributed by atoms with van der Waals surface area (Å²) in [6, 6.07) is 45.1. The molecule has 3 aromatic heterocycles. The van der Waals surface area contributed by atoms with E-state index >= 15 is 0 Å². The largest absolute Gasteiger partial charge is 0.316 e. The Bertz CT molecular complexity index is 2120. The quantitative estimate of drug-likeness (QED) is 0.245. The third-order valence-corrected chi connectivity index (χ3v) is 7.61. The molecule has 8 rings (SSSR count). The molecule has 0 amide bonds. The highest BCUT2D eigenvalue weighted by Crippen LogP contribution is 2.39. The van der Waals surface area contributed by atoms with Gasteiger partial charge in [-0.05, 0) is 41.3 Å². The van der Waals surface area contributed by atoms with Crippen LogP contribution in [-0.2, 0) is 0 Å². The Morgan fingerprint density at radius 3 is 1.97 bits per heavy atom. The van der Waals surface area contributed by atoms with E-state index in [1.807, 2.05) is 6.20 Å². The first kappa shape index (κ1) is 21.0. The smallest absolute Gasteiger partial charge is 0.145 e. The van der Waals surface area contributed by atoms with Gasteiger partial charge in [0.15, 0.2) is 0 Å². The molecule has 178 valence electrons. The Morgan fingerprint density at radius 1 is 0.474 bits per heavy atom. The monoisotopic (exact) mass is 485 g/mol. The lowest BCUT2D eigenvalue weighted by atomic mass is 10.0. The number of hydrogen-bond donors (Lipinski definition) is 0. The number of pyridine rings is 1. The molecule has 0 N–H and O–H groups in total. The first-order valence-corrected chi connectivity index (χ1v) is 12.9. The average molecular weight is 486 g/mol. The number of aromatic nitrogens is 3. The number of fused-ring (bicyclic) bond motifs is 6. The van der Waals surface area contributed by atoms with Crippen molar-refractivity contribution in [1.29, 1.82) is 0 Å². The van der Waals surface area contributed by atoms with Gasteiger partial charge in [0.2, 0.25) is 0 Å². The molecule has 0 atom stereocenters. The van der Waals surface area contributed by atoms with Crippen molar-refractivity contribution in [1.82, 2.24) is 14.1 Å². The summed E-state index contributed by atoms with van der Waals surface area (Å²) in [6.45, 7) is 0. The highest BCUT2D eigenvalue weighted by atomic mass is 15.1. The number of hydrogen-bond acceptors (Lipinski definition) is 1. The van der Waals surface area contributed by atoms with Crippen molar-refractivity contribution in [3.8, 4) is 22.6 Å². The summed E-state index contributed by atoms with van der Waals surface area (Å²) >= 11 is 0. The van der Waals surface area contributed by atoms with E-state index in [4.69, 9.17) is 4.98 Å². The molecule has 0 saturated carbocycles. The Hall–Kier alpha value is -5.15. The molecular weight excluding hydrogens is 462 g/mol. The van der Waals surface area contributed by atoms with Gasteiger partial charge in [0.1, 0.15) is 5.82 Å². The van der Waals surface area contributed by atoms with E-state index in [1.165, 1.54) is 38.1 Å². The van der Waals surface area contributed by atoms with E-state index < -0.39 is 0 Å². The van der Waals surface area contributed by atoms with Crippen LogP contribution < -0.4 is 0 Å². The Labute approximate surface area is 219 Å². The zero-order valence-electron chi connectivity index (χ0n) is 20.6. The fraction of sp³-hybridized carbons (Fsp3) is 0. The number of benzene rings is 5. The van der Waals surface area contributed by atoms with Gasteiger partial charge < -0.3 is 4.57 Å². The Kier molecular flexibility index (Phi) is 4.52. The summed E-state index contributed by atoms with van der Waals surface area (Å²) in [5.74, 6) is 0.950. The van der Waals surface area contributed by atoms with Gasteiger partial charge in [-0.25, -0.2) is 4.98 Å². The molecule has 0 aliphatic carbocycles. The Balaban J connectivity index is 1.50. The molecule has 3 heteroatoms. The predicted molar refractivity (Wildman–Crippen MR) is 158 cm³/mol. The van der Waals surface area contributed by atoms with Crippen LogP contribution in [0.1, 0.15) is 0 Å². The first-order valence-electron chi connectivity index (χ1n) is 12.9. The summed E-state index contributed by atoms with van der Waals surface area (Å²) in [4.78, 5) is 5.15. The fourth-order valence-electron chi connectivity index (χ4n) is 5.91. The van der Waals surface area contributed by atoms with Crippen LogP contribution in [0.2, 0.25) is 0 Å². The third kappa shape index (κ3) is 2.99. The van der Waals surface area contributed by atoms with Crippen LogP contribution in [0.4, 0.5) is 0 Å². The lowest BCUT2D eigenvalue weighted by Crippen LogP contribution is -2.00. The zero-order chi connectivity index (χ0) is 25.1. The van der Waals surface area contributed by atoms with Crippen LogP contribution >= 0.6 is 0 Å². The summed E-state index contributed by atoms with van der Waals surface area (Å²) in [5, 5.41) is 6.01. The van der Waals surface area contributed by atoms with Crippen molar-refractivity contribution in [3.63, 3.8) is 0 Å². The molecule has 0 bridgehead atoms. The lowest BCUT2D eigenvalue weighted by Gasteiger charge is -2.14. The maximum absolute atomic E-state index is 5.15. The van der Waals surface area contributed by atoms with Crippen LogP contribution in [0.5, 0.6) is 0 Å². The van der Waals surface area contributed by atoms with Gasteiger partial charge in [0.25, 0.3) is 0 Å². The fourth-order valence-corrected chi connectivity index (χ4v) is 5.91. The zero-order valence-corrected chi connectivity index (χ0v) is 20.6. The molecule has 0 unspecified atom stereocenters. The average Bonchev–Trinajstić information content (AvgIpc) is 3.57. The second kappa shape index (κ2) is 8.19. The number of para-hydroxylation sites is 2. The first-order chi connectivity index (χ1) is 18.9. The SMILES string of the molecule is c1ccc(-c2cnc(-n3c4ccccc4c4ccc5c(ccn5-c5ccccc5)c43)c3ccccc23)cc1. The van der Waals surface area contributed by atoms with Crippen LogP contribution in [0.3, 0.4) is 0 Å². The highest BCUT2D eigenvalue weighted by molar-refractivity contribution is 6.19. The van der Waals surface area contributed by atoms with Gasteiger partial charge in [-0.1, -0.05) is 97.1 Å². The Morgan fingerprint density at radius 2 is 1.16 bits per heavy atom. The maximum atomic E-state index is 5.15. The number of rotatable bonds is 3. The van der Waals surface area contributed by atoms with Gasteiger partial charge in [0, 0.05) is 45.2 Å². The second-order valence-electron chi connectivity index (χ2n) is 9.68. The van der Waals surface area contributed by atoms with Crippen molar-refractivity contribution in [2.45, 2.75) is 0 Å². The standard InChI is InChI=1S/C35H23N3/c1-3-11-24(12-4-1)31-23-36-35(29-17-8-7-15-26(29)31)38-33-18-10-9-16-27(33)28-19-20-32-30(34(28)38)21-22-37(32)25-13-5-2-6-14-25/h1-23H. The van der Waals surface area contributed by atoms with E-state index in [-0.39, 0.29) is 0 Å². The molecule has 3 heterocycles. The third-order valence-electron chi connectivity index (χ3n) is 7.61. The molecule has 0 spiro atoms. The van der Waals surface area contributed by atoms with Crippen molar-refractivity contribution in [2.75, 3.05) is 0 Å². The molecule has 0 saturated heterocycles. The molecule has 8 aromatic rings. The summed E-state index contributed by atoms with van der Waals surface area (Å²) in [6.07, 6.45) is 4.20. The highest BCUT2D eigenvalue weighted by Gasteiger charge is 2.19. The molecule has 3 nitrogen and oxygen atoms in total. The molecular formula is C35H23N3. The van der Waals surface area contributed by atoms with E-state index in [1.54, 1.807) is 0 Å². The number of nitrogens with zero attached hydrogens (tertiary/aromatic N) is 3. The molecule has 0 aliphatic heterocycles. The van der Waals surface area contributed by atoms with Crippen LogP contribution in [0.25, 0.3) is 66.1 Å². The van der Waals surface area contributed by atoms with Crippen molar-refractivity contribution >= 4 is 43.5 Å².